The van der Waals surface area contributed by atoms with E-state index in [0.717, 1.165) is 12.8 Å². The van der Waals surface area contributed by atoms with E-state index in [1.807, 2.05) is 0 Å². The lowest BCUT2D eigenvalue weighted by Gasteiger charge is -2.15. The van der Waals surface area contributed by atoms with Crippen molar-refractivity contribution in [2.45, 2.75) is 25.9 Å². The quantitative estimate of drug-likeness (QED) is 0.803. The second kappa shape index (κ2) is 5.69. The van der Waals surface area contributed by atoms with Gasteiger partial charge in [-0.2, -0.15) is 0 Å². The van der Waals surface area contributed by atoms with Crippen LogP contribution in [-0.4, -0.2) is 17.9 Å². The van der Waals surface area contributed by atoms with Crippen molar-refractivity contribution in [1.29, 1.82) is 0 Å². The Morgan fingerprint density at radius 2 is 2.00 bits per heavy atom. The molecule has 1 aliphatic rings. The maximum absolute atomic E-state index is 13.3. The molecule has 1 aliphatic carbocycles. The highest BCUT2D eigenvalue weighted by molar-refractivity contribution is 5.86. The second-order valence-electron chi connectivity index (χ2n) is 4.44. The summed E-state index contributed by atoms with van der Waals surface area (Å²) in [6.45, 7) is 1.48. The molecule has 0 aliphatic heterocycles. The lowest BCUT2D eigenvalue weighted by molar-refractivity contribution is -0.133. The van der Waals surface area contributed by atoms with Gasteiger partial charge >= 0.3 is 0 Å². The molecule has 1 saturated carbocycles. The van der Waals surface area contributed by atoms with Crippen molar-refractivity contribution in [3.8, 4) is 5.75 Å². The Morgan fingerprint density at radius 1 is 1.32 bits per heavy atom. The van der Waals surface area contributed by atoms with Gasteiger partial charge in [0.2, 0.25) is 5.91 Å². The third-order valence-electron chi connectivity index (χ3n) is 2.77. The summed E-state index contributed by atoms with van der Waals surface area (Å²) in [5, 5.41) is 0. The Kier molecular flexibility index (Phi) is 3.99. The number of benzene rings is 1. The van der Waals surface area contributed by atoms with E-state index in [4.69, 9.17) is 4.74 Å². The van der Waals surface area contributed by atoms with Gasteiger partial charge in [0.25, 0.3) is 5.91 Å². The first-order valence-electron chi connectivity index (χ1n) is 6.09. The third kappa shape index (κ3) is 3.67. The number of halogens is 1. The lowest BCUT2D eigenvalue weighted by atomic mass is 10.3. The molecule has 2 N–H and O–H groups in total. The number of carbonyl (C=O) groups is 2. The van der Waals surface area contributed by atoms with Crippen molar-refractivity contribution in [3.05, 3.63) is 30.1 Å². The Balaban J connectivity index is 1.81. The Labute approximate surface area is 110 Å². The third-order valence-corrected chi connectivity index (χ3v) is 2.77. The average molecular weight is 266 g/mol. The van der Waals surface area contributed by atoms with Crippen LogP contribution in [0.2, 0.25) is 0 Å². The number of para-hydroxylation sites is 1. The summed E-state index contributed by atoms with van der Waals surface area (Å²) < 4.78 is 18.5. The standard InChI is InChI=1S/C13H15FN2O3/c1-8(19-11-5-3-2-4-10(11)14)12(17)15-16-13(18)9-6-7-9/h2-5,8-9H,6-7H2,1H3,(H,15,17)(H,16,18). The summed E-state index contributed by atoms with van der Waals surface area (Å²) in [6.07, 6.45) is 0.794. The maximum atomic E-state index is 13.3. The summed E-state index contributed by atoms with van der Waals surface area (Å²) in [5.41, 5.74) is 4.57. The van der Waals surface area contributed by atoms with Crippen LogP contribution in [0.3, 0.4) is 0 Å². The van der Waals surface area contributed by atoms with E-state index in [-0.39, 0.29) is 17.6 Å². The van der Waals surface area contributed by atoms with E-state index in [1.165, 1.54) is 25.1 Å². The van der Waals surface area contributed by atoms with Crippen molar-refractivity contribution in [2.75, 3.05) is 0 Å². The minimum absolute atomic E-state index is 0.00123. The fraction of sp³-hybridized carbons (Fsp3) is 0.385. The molecule has 19 heavy (non-hydrogen) atoms. The van der Waals surface area contributed by atoms with Gasteiger partial charge in [-0.25, -0.2) is 4.39 Å². The zero-order valence-corrected chi connectivity index (χ0v) is 10.5. The number of ether oxygens (including phenoxy) is 1. The molecular formula is C13H15FN2O3. The smallest absolute Gasteiger partial charge is 0.279 e. The van der Waals surface area contributed by atoms with Crippen LogP contribution in [-0.2, 0) is 9.59 Å². The van der Waals surface area contributed by atoms with E-state index in [0.29, 0.717) is 0 Å². The molecule has 0 aromatic heterocycles. The van der Waals surface area contributed by atoms with Crippen molar-refractivity contribution >= 4 is 11.8 Å². The minimum Gasteiger partial charge on any atom is -0.478 e. The predicted octanol–water partition coefficient (Wildman–Crippen LogP) is 1.15. The number of rotatable bonds is 4. The number of hydrogen-bond acceptors (Lipinski definition) is 3. The van der Waals surface area contributed by atoms with Crippen LogP contribution in [0.1, 0.15) is 19.8 Å². The highest BCUT2D eigenvalue weighted by Crippen LogP contribution is 2.28. The van der Waals surface area contributed by atoms with Gasteiger partial charge in [0.1, 0.15) is 0 Å². The molecule has 0 spiro atoms. The van der Waals surface area contributed by atoms with E-state index in [1.54, 1.807) is 6.07 Å². The first-order chi connectivity index (χ1) is 9.08. The first kappa shape index (κ1) is 13.3. The Hall–Kier alpha value is -2.11. The summed E-state index contributed by atoms with van der Waals surface area (Å²) in [5.74, 6) is -1.27. The van der Waals surface area contributed by atoms with Crippen LogP contribution in [0.15, 0.2) is 24.3 Å². The first-order valence-corrected chi connectivity index (χ1v) is 6.09. The fourth-order valence-corrected chi connectivity index (χ4v) is 1.46. The summed E-state index contributed by atoms with van der Waals surface area (Å²) in [7, 11) is 0. The monoisotopic (exact) mass is 266 g/mol. The number of amides is 2. The number of hydrogen-bond donors (Lipinski definition) is 2. The topological polar surface area (TPSA) is 67.4 Å². The molecule has 1 aromatic carbocycles. The normalized spacial score (nSPS) is 15.5. The van der Waals surface area contributed by atoms with Crippen LogP contribution >= 0.6 is 0 Å². The van der Waals surface area contributed by atoms with Gasteiger partial charge in [-0.05, 0) is 31.9 Å². The lowest BCUT2D eigenvalue weighted by Crippen LogP contribution is -2.47. The summed E-state index contributed by atoms with van der Waals surface area (Å²) >= 11 is 0. The molecule has 0 radical (unpaired) electrons. The van der Waals surface area contributed by atoms with Gasteiger partial charge in [-0.3, -0.25) is 20.4 Å². The van der Waals surface area contributed by atoms with Crippen molar-refractivity contribution < 1.29 is 18.7 Å². The van der Waals surface area contributed by atoms with E-state index in [2.05, 4.69) is 10.9 Å². The molecule has 1 atom stereocenters. The van der Waals surface area contributed by atoms with E-state index < -0.39 is 17.8 Å². The van der Waals surface area contributed by atoms with Gasteiger partial charge in [-0.1, -0.05) is 12.1 Å². The van der Waals surface area contributed by atoms with Gasteiger partial charge < -0.3 is 4.74 Å². The molecule has 2 rings (SSSR count). The van der Waals surface area contributed by atoms with Crippen LogP contribution in [0.25, 0.3) is 0 Å². The molecule has 0 saturated heterocycles. The molecular weight excluding hydrogens is 251 g/mol. The second-order valence-corrected chi connectivity index (χ2v) is 4.44. The zero-order valence-electron chi connectivity index (χ0n) is 10.5. The summed E-state index contributed by atoms with van der Waals surface area (Å²) in [6, 6.07) is 5.82. The van der Waals surface area contributed by atoms with Gasteiger partial charge in [0.05, 0.1) is 0 Å². The molecule has 1 aromatic rings. The molecule has 2 amide bonds. The summed E-state index contributed by atoms with van der Waals surface area (Å²) in [4.78, 5) is 23.0. The number of carbonyl (C=O) groups excluding carboxylic acids is 2. The van der Waals surface area contributed by atoms with Crippen LogP contribution in [0, 0.1) is 11.7 Å². The average Bonchev–Trinajstić information content (AvgIpc) is 3.22. The molecule has 0 heterocycles. The molecule has 102 valence electrons. The van der Waals surface area contributed by atoms with Gasteiger partial charge in [0.15, 0.2) is 17.7 Å². The SMILES string of the molecule is CC(Oc1ccccc1F)C(=O)NNC(=O)C1CC1. The predicted molar refractivity (Wildman–Crippen MR) is 65.5 cm³/mol. The van der Waals surface area contributed by atoms with Crippen molar-refractivity contribution in [3.63, 3.8) is 0 Å². The molecule has 6 heteroatoms. The maximum Gasteiger partial charge on any atom is 0.279 e. The van der Waals surface area contributed by atoms with Gasteiger partial charge in [-0.15, -0.1) is 0 Å². The largest absolute Gasteiger partial charge is 0.478 e. The van der Waals surface area contributed by atoms with Crippen LogP contribution in [0.4, 0.5) is 4.39 Å². The van der Waals surface area contributed by atoms with Crippen molar-refractivity contribution in [1.82, 2.24) is 10.9 Å². The minimum atomic E-state index is -0.906. The number of nitrogens with one attached hydrogen (secondary N) is 2. The molecule has 0 bridgehead atoms. The highest BCUT2D eigenvalue weighted by Gasteiger charge is 2.30. The van der Waals surface area contributed by atoms with Crippen LogP contribution in [0.5, 0.6) is 5.75 Å². The molecule has 5 nitrogen and oxygen atoms in total. The zero-order chi connectivity index (χ0) is 13.8. The molecule has 1 unspecified atom stereocenters. The molecule has 1 fully saturated rings. The Morgan fingerprint density at radius 3 is 2.63 bits per heavy atom. The highest BCUT2D eigenvalue weighted by atomic mass is 19.1. The van der Waals surface area contributed by atoms with Crippen molar-refractivity contribution in [2.24, 2.45) is 5.92 Å². The van der Waals surface area contributed by atoms with Crippen LogP contribution < -0.4 is 15.6 Å². The van der Waals surface area contributed by atoms with E-state index in [9.17, 15) is 14.0 Å². The Bertz CT molecular complexity index is 489. The fourth-order valence-electron chi connectivity index (χ4n) is 1.46. The van der Waals surface area contributed by atoms with E-state index >= 15 is 0 Å². The van der Waals surface area contributed by atoms with Gasteiger partial charge in [0, 0.05) is 5.92 Å². The number of hydrazine groups is 1.